The summed E-state index contributed by atoms with van der Waals surface area (Å²) in [4.78, 5) is 20.0. The van der Waals surface area contributed by atoms with Crippen molar-refractivity contribution < 1.29 is 9.18 Å². The maximum absolute atomic E-state index is 13.4. The highest BCUT2D eigenvalue weighted by molar-refractivity contribution is 6.31. The maximum Gasteiger partial charge on any atom is 0.227 e. The zero-order chi connectivity index (χ0) is 24.4. The van der Waals surface area contributed by atoms with E-state index >= 15 is 0 Å². The van der Waals surface area contributed by atoms with E-state index in [2.05, 4.69) is 20.9 Å². The normalized spacial score (nSPS) is 14.9. The van der Waals surface area contributed by atoms with E-state index in [1.54, 1.807) is 0 Å². The van der Waals surface area contributed by atoms with Crippen molar-refractivity contribution in [2.24, 2.45) is 5.92 Å². The number of likely N-dealkylation sites (tertiary alicyclic amines) is 1. The summed E-state index contributed by atoms with van der Waals surface area (Å²) in [6.07, 6.45) is 1.50. The SMILES string of the molecule is O=C(Nc1ccc(F)c(Cl)c1)C1CCN(Cc2nc3ccccc3n2Cc2ccc(Cl)cc2)CC1. The smallest absolute Gasteiger partial charge is 0.227 e. The Morgan fingerprint density at radius 3 is 2.49 bits per heavy atom. The number of aromatic nitrogens is 2. The molecule has 0 aliphatic carbocycles. The predicted octanol–water partition coefficient (Wildman–Crippen LogP) is 6.38. The monoisotopic (exact) mass is 510 g/mol. The molecule has 1 saturated heterocycles. The molecule has 5 rings (SSSR count). The van der Waals surface area contributed by atoms with Gasteiger partial charge < -0.3 is 9.88 Å². The first-order valence-corrected chi connectivity index (χ1v) is 12.4. The first-order chi connectivity index (χ1) is 17.0. The van der Waals surface area contributed by atoms with Gasteiger partial charge in [-0.15, -0.1) is 0 Å². The van der Waals surface area contributed by atoms with Crippen LogP contribution in [0, 0.1) is 11.7 Å². The van der Waals surface area contributed by atoms with E-state index in [1.165, 1.54) is 18.2 Å². The van der Waals surface area contributed by atoms with Crippen LogP contribution < -0.4 is 5.32 Å². The number of imidazole rings is 1. The van der Waals surface area contributed by atoms with Crippen LogP contribution in [0.25, 0.3) is 11.0 Å². The lowest BCUT2D eigenvalue weighted by Gasteiger charge is -2.31. The average molecular weight is 511 g/mol. The Balaban J connectivity index is 1.25. The number of carbonyl (C=O) groups excluding carboxylic acids is 1. The van der Waals surface area contributed by atoms with Gasteiger partial charge in [-0.3, -0.25) is 9.69 Å². The van der Waals surface area contributed by atoms with Crippen LogP contribution in [0.15, 0.2) is 66.7 Å². The molecule has 0 bridgehead atoms. The highest BCUT2D eigenvalue weighted by atomic mass is 35.5. The number of rotatable bonds is 6. The third-order valence-corrected chi connectivity index (χ3v) is 7.04. The molecule has 2 heterocycles. The Bertz CT molecular complexity index is 1350. The van der Waals surface area contributed by atoms with Crippen molar-refractivity contribution in [3.63, 3.8) is 0 Å². The van der Waals surface area contributed by atoms with Gasteiger partial charge in [0, 0.05) is 23.2 Å². The van der Waals surface area contributed by atoms with Gasteiger partial charge in [0.2, 0.25) is 5.91 Å². The summed E-state index contributed by atoms with van der Waals surface area (Å²) >= 11 is 11.9. The summed E-state index contributed by atoms with van der Waals surface area (Å²) in [5, 5.41) is 3.59. The number of amides is 1. The number of anilines is 1. The Morgan fingerprint density at radius 1 is 1.00 bits per heavy atom. The summed E-state index contributed by atoms with van der Waals surface area (Å²) in [6, 6.07) is 20.3. The van der Waals surface area contributed by atoms with Gasteiger partial charge in [0.25, 0.3) is 0 Å². The molecule has 0 radical (unpaired) electrons. The van der Waals surface area contributed by atoms with Crippen molar-refractivity contribution in [2.75, 3.05) is 18.4 Å². The van der Waals surface area contributed by atoms with Crippen molar-refractivity contribution in [3.8, 4) is 0 Å². The summed E-state index contributed by atoms with van der Waals surface area (Å²) < 4.78 is 15.6. The quantitative estimate of drug-likeness (QED) is 0.327. The standard InChI is InChI=1S/C27H25Cl2FN4O/c28-20-7-5-18(6-8-20)16-34-25-4-2-1-3-24(25)32-26(34)17-33-13-11-19(12-14-33)27(35)31-21-9-10-23(30)22(29)15-21/h1-10,15,19H,11-14,16-17H2,(H,31,35). The molecule has 180 valence electrons. The molecule has 4 aromatic rings. The first kappa shape index (κ1) is 23.8. The zero-order valence-electron chi connectivity index (χ0n) is 19.1. The van der Waals surface area contributed by atoms with Gasteiger partial charge >= 0.3 is 0 Å². The van der Waals surface area contributed by atoms with Gasteiger partial charge in [0.1, 0.15) is 11.6 Å². The van der Waals surface area contributed by atoms with Crippen LogP contribution in [0.1, 0.15) is 24.2 Å². The van der Waals surface area contributed by atoms with Crippen LogP contribution in [0.2, 0.25) is 10.0 Å². The van der Waals surface area contributed by atoms with Crippen LogP contribution in [-0.4, -0.2) is 33.4 Å². The Morgan fingerprint density at radius 2 is 1.74 bits per heavy atom. The van der Waals surface area contributed by atoms with E-state index in [1.807, 2.05) is 42.5 Å². The van der Waals surface area contributed by atoms with E-state index in [-0.39, 0.29) is 16.8 Å². The molecule has 0 atom stereocenters. The number of carbonyl (C=O) groups is 1. The zero-order valence-corrected chi connectivity index (χ0v) is 20.6. The molecular formula is C27H25Cl2FN4O. The second-order valence-corrected chi connectivity index (χ2v) is 9.74. The number of benzene rings is 3. The minimum Gasteiger partial charge on any atom is -0.326 e. The third kappa shape index (κ3) is 5.50. The van der Waals surface area contributed by atoms with E-state index in [0.717, 1.165) is 53.4 Å². The Hall–Kier alpha value is -2.93. The van der Waals surface area contributed by atoms with Gasteiger partial charge in [0.05, 0.1) is 22.6 Å². The second kappa shape index (κ2) is 10.4. The van der Waals surface area contributed by atoms with Crippen LogP contribution in [-0.2, 0) is 17.9 Å². The van der Waals surface area contributed by atoms with Crippen molar-refractivity contribution in [3.05, 3.63) is 94.0 Å². The number of nitrogens with one attached hydrogen (secondary N) is 1. The summed E-state index contributed by atoms with van der Waals surface area (Å²) in [5.41, 5.74) is 3.75. The number of hydrogen-bond acceptors (Lipinski definition) is 3. The van der Waals surface area contributed by atoms with Crippen LogP contribution in [0.4, 0.5) is 10.1 Å². The number of para-hydroxylation sites is 2. The van der Waals surface area contributed by atoms with Crippen molar-refractivity contribution in [1.82, 2.24) is 14.5 Å². The van der Waals surface area contributed by atoms with E-state index in [9.17, 15) is 9.18 Å². The lowest BCUT2D eigenvalue weighted by Crippen LogP contribution is -2.38. The topological polar surface area (TPSA) is 50.2 Å². The summed E-state index contributed by atoms with van der Waals surface area (Å²) in [5.74, 6) is 0.357. The molecule has 1 amide bonds. The van der Waals surface area contributed by atoms with Crippen molar-refractivity contribution in [2.45, 2.75) is 25.9 Å². The summed E-state index contributed by atoms with van der Waals surface area (Å²) in [7, 11) is 0. The largest absolute Gasteiger partial charge is 0.326 e. The predicted molar refractivity (Wildman–Crippen MR) is 138 cm³/mol. The molecular weight excluding hydrogens is 486 g/mol. The molecule has 3 aromatic carbocycles. The fraction of sp³-hybridized carbons (Fsp3) is 0.259. The van der Waals surface area contributed by atoms with Gasteiger partial charge in [0.15, 0.2) is 0 Å². The van der Waals surface area contributed by atoms with Crippen molar-refractivity contribution in [1.29, 1.82) is 0 Å². The van der Waals surface area contributed by atoms with E-state index < -0.39 is 5.82 Å². The fourth-order valence-corrected chi connectivity index (χ4v) is 4.87. The molecule has 0 saturated carbocycles. The van der Waals surface area contributed by atoms with Crippen LogP contribution >= 0.6 is 23.2 Å². The number of halogens is 3. The summed E-state index contributed by atoms with van der Waals surface area (Å²) in [6.45, 7) is 3.02. The Labute approximate surface area is 213 Å². The van der Waals surface area contributed by atoms with E-state index in [4.69, 9.17) is 28.2 Å². The number of piperidine rings is 1. The van der Waals surface area contributed by atoms with Gasteiger partial charge in [-0.05, 0) is 74.0 Å². The lowest BCUT2D eigenvalue weighted by atomic mass is 9.96. The molecule has 1 aromatic heterocycles. The minimum absolute atomic E-state index is 0.000825. The minimum atomic E-state index is -0.500. The molecule has 5 nitrogen and oxygen atoms in total. The van der Waals surface area contributed by atoms with E-state index in [0.29, 0.717) is 18.8 Å². The fourth-order valence-electron chi connectivity index (χ4n) is 4.57. The van der Waals surface area contributed by atoms with Crippen LogP contribution in [0.5, 0.6) is 0 Å². The van der Waals surface area contributed by atoms with Gasteiger partial charge in [-0.2, -0.15) is 0 Å². The second-order valence-electron chi connectivity index (χ2n) is 8.90. The average Bonchev–Trinajstić information content (AvgIpc) is 3.20. The van der Waals surface area contributed by atoms with Crippen LogP contribution in [0.3, 0.4) is 0 Å². The molecule has 0 unspecified atom stereocenters. The molecule has 1 fully saturated rings. The molecule has 1 N–H and O–H groups in total. The number of nitrogens with zero attached hydrogens (tertiary/aromatic N) is 3. The molecule has 1 aliphatic rings. The lowest BCUT2D eigenvalue weighted by molar-refractivity contribution is -0.121. The highest BCUT2D eigenvalue weighted by Gasteiger charge is 2.26. The highest BCUT2D eigenvalue weighted by Crippen LogP contribution is 2.25. The first-order valence-electron chi connectivity index (χ1n) is 11.6. The molecule has 1 aliphatic heterocycles. The van der Waals surface area contributed by atoms with Crippen molar-refractivity contribution >= 4 is 45.8 Å². The molecule has 35 heavy (non-hydrogen) atoms. The van der Waals surface area contributed by atoms with Gasteiger partial charge in [-0.25, -0.2) is 9.37 Å². The Kier molecular flexibility index (Phi) is 7.04. The number of hydrogen-bond donors (Lipinski definition) is 1. The van der Waals surface area contributed by atoms with Gasteiger partial charge in [-0.1, -0.05) is 47.5 Å². The molecule has 0 spiro atoms. The molecule has 8 heteroatoms. The third-order valence-electron chi connectivity index (χ3n) is 6.50. The number of fused-ring (bicyclic) bond motifs is 1. The maximum atomic E-state index is 13.4.